The molecule has 1 saturated carbocycles. The standard InChI is InChI=1S/C21H19ClN2O6/c1-27-21(26)12-9-13(10-12)28-7-8-29-19-6-5-16(23-24-19)18-11-17(25)14-3-2-4-15(22)20(14)30-18/h2-6,11-13H,7-10H2,1H3/t12-,13+. The molecular weight excluding hydrogens is 412 g/mol. The molecule has 4 rings (SSSR count). The van der Waals surface area contributed by atoms with Crippen molar-refractivity contribution in [2.75, 3.05) is 20.3 Å². The van der Waals surface area contributed by atoms with Crippen molar-refractivity contribution in [2.24, 2.45) is 5.92 Å². The van der Waals surface area contributed by atoms with Crippen molar-refractivity contribution in [3.8, 4) is 17.3 Å². The highest BCUT2D eigenvalue weighted by Crippen LogP contribution is 2.31. The van der Waals surface area contributed by atoms with E-state index in [1.807, 2.05) is 0 Å². The summed E-state index contributed by atoms with van der Waals surface area (Å²) in [5, 5.41) is 8.82. The fourth-order valence-electron chi connectivity index (χ4n) is 3.22. The Morgan fingerprint density at radius 3 is 2.77 bits per heavy atom. The van der Waals surface area contributed by atoms with E-state index in [-0.39, 0.29) is 29.2 Å². The van der Waals surface area contributed by atoms with Gasteiger partial charge in [0, 0.05) is 12.1 Å². The molecule has 3 aromatic rings. The molecule has 8 nitrogen and oxygen atoms in total. The van der Waals surface area contributed by atoms with Crippen molar-refractivity contribution in [1.29, 1.82) is 0 Å². The number of benzene rings is 1. The maximum atomic E-state index is 12.3. The highest BCUT2D eigenvalue weighted by Gasteiger charge is 2.35. The predicted molar refractivity (Wildman–Crippen MR) is 108 cm³/mol. The van der Waals surface area contributed by atoms with Crippen molar-refractivity contribution in [1.82, 2.24) is 10.2 Å². The number of rotatable bonds is 7. The molecule has 1 aliphatic carbocycles. The molecule has 1 aliphatic rings. The smallest absolute Gasteiger partial charge is 0.308 e. The first kappa shape index (κ1) is 20.3. The van der Waals surface area contributed by atoms with Crippen LogP contribution in [0.1, 0.15) is 12.8 Å². The molecule has 1 aromatic carbocycles. The van der Waals surface area contributed by atoms with Crippen LogP contribution in [0.3, 0.4) is 0 Å². The van der Waals surface area contributed by atoms with Crippen LogP contribution < -0.4 is 10.2 Å². The van der Waals surface area contributed by atoms with Crippen molar-refractivity contribution < 1.29 is 23.4 Å². The Morgan fingerprint density at radius 1 is 1.20 bits per heavy atom. The van der Waals surface area contributed by atoms with E-state index in [2.05, 4.69) is 10.2 Å². The fraction of sp³-hybridized carbons (Fsp3) is 0.333. The molecule has 2 aromatic heterocycles. The molecule has 0 bridgehead atoms. The average Bonchev–Trinajstić information content (AvgIpc) is 2.73. The van der Waals surface area contributed by atoms with Crippen LogP contribution in [0.15, 0.2) is 45.6 Å². The minimum atomic E-state index is -0.210. The highest BCUT2D eigenvalue weighted by molar-refractivity contribution is 6.34. The van der Waals surface area contributed by atoms with Crippen molar-refractivity contribution >= 4 is 28.5 Å². The summed E-state index contributed by atoms with van der Waals surface area (Å²) >= 11 is 6.13. The summed E-state index contributed by atoms with van der Waals surface area (Å²) < 4.78 is 21.6. The Kier molecular flexibility index (Phi) is 5.96. The van der Waals surface area contributed by atoms with E-state index in [4.69, 9.17) is 30.2 Å². The largest absolute Gasteiger partial charge is 0.474 e. The maximum Gasteiger partial charge on any atom is 0.308 e. The summed E-state index contributed by atoms with van der Waals surface area (Å²) in [6.45, 7) is 0.675. The van der Waals surface area contributed by atoms with Crippen LogP contribution in [0.25, 0.3) is 22.4 Å². The number of ether oxygens (including phenoxy) is 3. The zero-order valence-electron chi connectivity index (χ0n) is 16.2. The van der Waals surface area contributed by atoms with Gasteiger partial charge in [0.15, 0.2) is 16.8 Å². The zero-order valence-corrected chi connectivity index (χ0v) is 16.9. The molecule has 1 fully saturated rings. The number of para-hydroxylation sites is 1. The van der Waals surface area contributed by atoms with Crippen LogP contribution in [0.2, 0.25) is 5.02 Å². The predicted octanol–water partition coefficient (Wildman–Crippen LogP) is 3.25. The monoisotopic (exact) mass is 430 g/mol. The molecule has 0 amide bonds. The lowest BCUT2D eigenvalue weighted by molar-refractivity contribution is -0.155. The Bertz CT molecular complexity index is 1110. The van der Waals surface area contributed by atoms with Gasteiger partial charge in [-0.15, -0.1) is 10.2 Å². The maximum absolute atomic E-state index is 12.3. The van der Waals surface area contributed by atoms with Gasteiger partial charge in [0.25, 0.3) is 0 Å². The molecule has 0 saturated heterocycles. The first-order valence-electron chi connectivity index (χ1n) is 9.44. The van der Waals surface area contributed by atoms with E-state index in [1.165, 1.54) is 13.2 Å². The number of nitrogens with zero attached hydrogens (tertiary/aromatic N) is 2. The van der Waals surface area contributed by atoms with Crippen molar-refractivity contribution in [2.45, 2.75) is 18.9 Å². The number of fused-ring (bicyclic) bond motifs is 1. The Labute approximate surface area is 176 Å². The van der Waals surface area contributed by atoms with Crippen LogP contribution in [-0.4, -0.2) is 42.6 Å². The molecular formula is C21H19ClN2O6. The van der Waals surface area contributed by atoms with Crippen molar-refractivity contribution in [3.05, 3.63) is 51.6 Å². The number of carbonyl (C=O) groups is 1. The van der Waals surface area contributed by atoms with Gasteiger partial charge in [0.05, 0.1) is 36.1 Å². The van der Waals surface area contributed by atoms with E-state index in [0.29, 0.717) is 53.6 Å². The van der Waals surface area contributed by atoms with Gasteiger partial charge >= 0.3 is 5.97 Å². The number of halogens is 1. The van der Waals surface area contributed by atoms with E-state index in [9.17, 15) is 9.59 Å². The summed E-state index contributed by atoms with van der Waals surface area (Å²) in [7, 11) is 1.39. The lowest BCUT2D eigenvalue weighted by atomic mass is 9.82. The molecule has 0 N–H and O–H groups in total. The number of hydrogen-bond acceptors (Lipinski definition) is 8. The SMILES string of the molecule is COC(=O)[C@H]1C[C@@H](OCCOc2ccc(-c3cc(=O)c4cccc(Cl)c4o3)nn2)C1. The van der Waals surface area contributed by atoms with Gasteiger partial charge in [-0.2, -0.15) is 0 Å². The third-order valence-corrected chi connectivity index (χ3v) is 5.21. The number of methoxy groups -OCH3 is 1. The minimum Gasteiger partial charge on any atom is -0.474 e. The number of esters is 1. The van der Waals surface area contributed by atoms with Gasteiger partial charge in [-0.25, -0.2) is 0 Å². The normalized spacial score (nSPS) is 18.1. The third kappa shape index (κ3) is 4.29. The van der Waals surface area contributed by atoms with Gasteiger partial charge in [0.1, 0.15) is 12.3 Å². The zero-order chi connectivity index (χ0) is 21.1. The van der Waals surface area contributed by atoms with Crippen LogP contribution >= 0.6 is 11.6 Å². The number of carbonyl (C=O) groups excluding carboxylic acids is 1. The summed E-state index contributed by atoms with van der Waals surface area (Å²) in [6.07, 6.45) is 1.39. The van der Waals surface area contributed by atoms with E-state index >= 15 is 0 Å². The molecule has 0 radical (unpaired) electrons. The molecule has 2 heterocycles. The molecule has 156 valence electrons. The van der Waals surface area contributed by atoms with Crippen LogP contribution in [0.5, 0.6) is 5.88 Å². The molecule has 0 atom stereocenters. The van der Waals surface area contributed by atoms with Crippen molar-refractivity contribution in [3.63, 3.8) is 0 Å². The lowest BCUT2D eigenvalue weighted by Crippen LogP contribution is -2.37. The van der Waals surface area contributed by atoms with E-state index in [1.54, 1.807) is 30.3 Å². The van der Waals surface area contributed by atoms with E-state index < -0.39 is 0 Å². The first-order chi connectivity index (χ1) is 14.5. The van der Waals surface area contributed by atoms with Gasteiger partial charge in [0.2, 0.25) is 5.88 Å². The fourth-order valence-corrected chi connectivity index (χ4v) is 3.43. The third-order valence-electron chi connectivity index (χ3n) is 4.92. The Balaban J connectivity index is 1.32. The topological polar surface area (TPSA) is 101 Å². The van der Waals surface area contributed by atoms with Gasteiger partial charge in [-0.1, -0.05) is 17.7 Å². The van der Waals surface area contributed by atoms with Gasteiger partial charge in [-0.05, 0) is 31.0 Å². The van der Waals surface area contributed by atoms with Gasteiger partial charge < -0.3 is 18.6 Å². The second kappa shape index (κ2) is 8.81. The Hall–Kier alpha value is -2.97. The molecule has 0 aliphatic heterocycles. The number of aromatic nitrogens is 2. The summed E-state index contributed by atoms with van der Waals surface area (Å²) in [5.74, 6) is 0.341. The summed E-state index contributed by atoms with van der Waals surface area (Å²) in [6, 6.07) is 9.64. The molecule has 0 spiro atoms. The molecule has 0 unspecified atom stereocenters. The second-order valence-corrected chi connectivity index (χ2v) is 7.29. The first-order valence-corrected chi connectivity index (χ1v) is 9.81. The average molecular weight is 431 g/mol. The van der Waals surface area contributed by atoms with Crippen LogP contribution in [0.4, 0.5) is 0 Å². The Morgan fingerprint density at radius 2 is 2.03 bits per heavy atom. The van der Waals surface area contributed by atoms with E-state index in [0.717, 1.165) is 0 Å². The highest BCUT2D eigenvalue weighted by atomic mass is 35.5. The summed E-state index contributed by atoms with van der Waals surface area (Å²) in [5.41, 5.74) is 0.491. The van der Waals surface area contributed by atoms with Gasteiger partial charge in [-0.3, -0.25) is 9.59 Å². The second-order valence-electron chi connectivity index (χ2n) is 6.88. The number of hydrogen-bond donors (Lipinski definition) is 0. The van der Waals surface area contributed by atoms with Crippen LogP contribution in [0, 0.1) is 5.92 Å². The summed E-state index contributed by atoms with van der Waals surface area (Å²) in [4.78, 5) is 23.6. The van der Waals surface area contributed by atoms with Crippen LogP contribution in [-0.2, 0) is 14.3 Å². The lowest BCUT2D eigenvalue weighted by Gasteiger charge is -2.32. The molecule has 9 heteroatoms. The quantitative estimate of drug-likeness (QED) is 0.416. The molecule has 30 heavy (non-hydrogen) atoms. The minimum absolute atomic E-state index is 0.0498.